The van der Waals surface area contributed by atoms with Crippen LogP contribution in [0.1, 0.15) is 53.4 Å². The van der Waals surface area contributed by atoms with E-state index in [-0.39, 0.29) is 0 Å². The molecular weight excluding hydrogens is 156 g/mol. The fraction of sp³-hybridized carbons (Fsp3) is 0.769. The van der Waals surface area contributed by atoms with Gasteiger partial charge in [0.2, 0.25) is 0 Å². The third-order valence-corrected chi connectivity index (χ3v) is 2.22. The molecule has 0 aliphatic carbocycles. The quantitative estimate of drug-likeness (QED) is 0.524. The van der Waals surface area contributed by atoms with Crippen molar-refractivity contribution in [3.63, 3.8) is 0 Å². The minimum absolute atomic E-state index is 0.556. The van der Waals surface area contributed by atoms with E-state index in [1.54, 1.807) is 0 Å². The second kappa shape index (κ2) is 7.17. The molecule has 1 unspecified atom stereocenters. The molecule has 0 heterocycles. The number of hydrogen-bond donors (Lipinski definition) is 0. The monoisotopic (exact) mass is 181 g/mol. The van der Waals surface area contributed by atoms with Crippen LogP contribution in [0.2, 0.25) is 0 Å². The van der Waals surface area contributed by atoms with Crippen LogP contribution in [0.5, 0.6) is 0 Å². The Morgan fingerprint density at radius 2 is 1.92 bits per heavy atom. The molecule has 0 spiro atoms. The fourth-order valence-corrected chi connectivity index (χ4v) is 1.29. The molecular formula is C13H25. The van der Waals surface area contributed by atoms with E-state index in [1.165, 1.54) is 24.8 Å². The molecule has 0 saturated heterocycles. The highest BCUT2D eigenvalue weighted by atomic mass is 14.0. The molecule has 1 radical (unpaired) electrons. The molecule has 0 heteroatoms. The summed E-state index contributed by atoms with van der Waals surface area (Å²) in [7, 11) is 0. The van der Waals surface area contributed by atoms with Crippen molar-refractivity contribution in [2.24, 2.45) is 11.8 Å². The smallest absolute Gasteiger partial charge is 0.0322 e. The van der Waals surface area contributed by atoms with Gasteiger partial charge >= 0.3 is 0 Å². The number of allylic oxidation sites excluding steroid dienone is 2. The summed E-state index contributed by atoms with van der Waals surface area (Å²) in [5, 5.41) is 0. The Balaban J connectivity index is 3.49. The van der Waals surface area contributed by atoms with Crippen molar-refractivity contribution in [1.29, 1.82) is 0 Å². The van der Waals surface area contributed by atoms with E-state index < -0.39 is 0 Å². The van der Waals surface area contributed by atoms with Crippen LogP contribution in [-0.4, -0.2) is 0 Å². The summed E-state index contributed by atoms with van der Waals surface area (Å²) in [6, 6.07) is 0. The Labute approximate surface area is 84.4 Å². The van der Waals surface area contributed by atoms with Crippen LogP contribution in [0, 0.1) is 18.8 Å². The van der Waals surface area contributed by atoms with Crippen LogP contribution in [0.25, 0.3) is 0 Å². The van der Waals surface area contributed by atoms with E-state index in [4.69, 9.17) is 0 Å². The molecule has 0 aromatic heterocycles. The van der Waals surface area contributed by atoms with Crippen LogP contribution in [0.4, 0.5) is 0 Å². The summed E-state index contributed by atoms with van der Waals surface area (Å²) in [6.45, 7) is 13.0. The fourth-order valence-electron chi connectivity index (χ4n) is 1.29. The Kier molecular flexibility index (Phi) is 7.03. The van der Waals surface area contributed by atoms with Crippen molar-refractivity contribution in [2.75, 3.05) is 0 Å². The summed E-state index contributed by atoms with van der Waals surface area (Å²) in [5.41, 5.74) is 1.54. The molecule has 0 N–H and O–H groups in total. The lowest BCUT2D eigenvalue weighted by atomic mass is 10.0. The van der Waals surface area contributed by atoms with Gasteiger partial charge in [0.05, 0.1) is 0 Å². The third kappa shape index (κ3) is 9.66. The zero-order valence-corrected chi connectivity index (χ0v) is 9.77. The van der Waals surface area contributed by atoms with Gasteiger partial charge in [-0.1, -0.05) is 45.8 Å². The zero-order chi connectivity index (χ0) is 10.3. The molecule has 0 amide bonds. The van der Waals surface area contributed by atoms with Gasteiger partial charge in [-0.15, -0.1) is 0 Å². The SMILES string of the molecule is [CH2]C(C)CC=C(C)CCCC(C)C. The van der Waals surface area contributed by atoms with Gasteiger partial charge in [-0.2, -0.15) is 0 Å². The first-order valence-corrected chi connectivity index (χ1v) is 5.51. The molecule has 1 atom stereocenters. The van der Waals surface area contributed by atoms with Crippen LogP contribution in [0.3, 0.4) is 0 Å². The summed E-state index contributed by atoms with van der Waals surface area (Å²) in [4.78, 5) is 0. The highest BCUT2D eigenvalue weighted by molar-refractivity contribution is 4.98. The summed E-state index contributed by atoms with van der Waals surface area (Å²) < 4.78 is 0. The van der Waals surface area contributed by atoms with Crippen molar-refractivity contribution < 1.29 is 0 Å². The van der Waals surface area contributed by atoms with Gasteiger partial charge in [0.15, 0.2) is 0 Å². The highest BCUT2D eigenvalue weighted by Crippen LogP contribution is 2.13. The molecule has 0 fully saturated rings. The van der Waals surface area contributed by atoms with Crippen molar-refractivity contribution in [2.45, 2.75) is 53.4 Å². The van der Waals surface area contributed by atoms with Crippen molar-refractivity contribution in [3.8, 4) is 0 Å². The average molecular weight is 181 g/mol. The first-order valence-electron chi connectivity index (χ1n) is 5.51. The lowest BCUT2D eigenvalue weighted by molar-refractivity contribution is 0.554. The molecule has 77 valence electrons. The maximum absolute atomic E-state index is 3.97. The van der Waals surface area contributed by atoms with Crippen LogP contribution >= 0.6 is 0 Å². The second-order valence-corrected chi connectivity index (χ2v) is 4.68. The van der Waals surface area contributed by atoms with E-state index >= 15 is 0 Å². The molecule has 0 aliphatic heterocycles. The van der Waals surface area contributed by atoms with Crippen molar-refractivity contribution in [1.82, 2.24) is 0 Å². The molecule has 0 bridgehead atoms. The number of hydrogen-bond acceptors (Lipinski definition) is 0. The maximum atomic E-state index is 3.97. The van der Waals surface area contributed by atoms with Crippen LogP contribution in [0.15, 0.2) is 11.6 Å². The standard InChI is InChI=1S/C13H25/c1-11(2)7-6-8-13(5)10-9-12(3)4/h10-12H,3,6-9H2,1-2,4-5H3. The number of rotatable bonds is 6. The minimum Gasteiger partial charge on any atom is -0.0853 e. The van der Waals surface area contributed by atoms with Crippen LogP contribution in [-0.2, 0) is 0 Å². The first kappa shape index (κ1) is 12.7. The van der Waals surface area contributed by atoms with Gasteiger partial charge < -0.3 is 0 Å². The van der Waals surface area contributed by atoms with E-state index in [9.17, 15) is 0 Å². The lowest BCUT2D eigenvalue weighted by Gasteiger charge is -2.05. The van der Waals surface area contributed by atoms with Gasteiger partial charge in [0.1, 0.15) is 0 Å². The highest BCUT2D eigenvalue weighted by Gasteiger charge is 1.96. The molecule has 0 aliphatic rings. The molecule has 0 rings (SSSR count). The van der Waals surface area contributed by atoms with Crippen molar-refractivity contribution >= 4 is 0 Å². The Morgan fingerprint density at radius 3 is 2.38 bits per heavy atom. The van der Waals surface area contributed by atoms with Crippen molar-refractivity contribution in [3.05, 3.63) is 18.6 Å². The summed E-state index contributed by atoms with van der Waals surface area (Å²) in [5.74, 6) is 1.40. The molecule has 0 nitrogen and oxygen atoms in total. The summed E-state index contributed by atoms with van der Waals surface area (Å²) in [6.07, 6.45) is 7.44. The predicted molar refractivity (Wildman–Crippen MR) is 61.6 cm³/mol. The normalized spacial score (nSPS) is 13.0. The van der Waals surface area contributed by atoms with Gasteiger partial charge in [-0.05, 0) is 38.0 Å². The Bertz CT molecular complexity index is 140. The second-order valence-electron chi connectivity index (χ2n) is 4.68. The van der Waals surface area contributed by atoms with E-state index in [2.05, 4.69) is 40.7 Å². The van der Waals surface area contributed by atoms with E-state index in [0.29, 0.717) is 5.92 Å². The molecule has 0 saturated carbocycles. The van der Waals surface area contributed by atoms with Gasteiger partial charge in [-0.3, -0.25) is 0 Å². The molecule has 0 aromatic carbocycles. The topological polar surface area (TPSA) is 0 Å². The lowest BCUT2D eigenvalue weighted by Crippen LogP contribution is -1.89. The van der Waals surface area contributed by atoms with E-state index in [1.807, 2.05) is 0 Å². The van der Waals surface area contributed by atoms with Gasteiger partial charge in [0, 0.05) is 0 Å². The minimum atomic E-state index is 0.556. The largest absolute Gasteiger partial charge is 0.0853 e. The third-order valence-electron chi connectivity index (χ3n) is 2.22. The van der Waals surface area contributed by atoms with Gasteiger partial charge in [0.25, 0.3) is 0 Å². The zero-order valence-electron chi connectivity index (χ0n) is 9.77. The average Bonchev–Trinajstić information content (AvgIpc) is 2.00. The van der Waals surface area contributed by atoms with Crippen LogP contribution < -0.4 is 0 Å². The molecule has 0 aromatic rings. The maximum Gasteiger partial charge on any atom is -0.0322 e. The Morgan fingerprint density at radius 1 is 1.31 bits per heavy atom. The Hall–Kier alpha value is -0.260. The predicted octanol–water partition coefficient (Wildman–Crippen LogP) is 4.62. The first-order chi connectivity index (χ1) is 6.02. The summed E-state index contributed by atoms with van der Waals surface area (Å²) >= 11 is 0. The molecule has 13 heavy (non-hydrogen) atoms. The van der Waals surface area contributed by atoms with E-state index in [0.717, 1.165) is 12.3 Å². The van der Waals surface area contributed by atoms with Gasteiger partial charge in [-0.25, -0.2) is 0 Å².